The molecule has 0 aromatic heterocycles. The van der Waals surface area contributed by atoms with Crippen LogP contribution in [0, 0.1) is 23.2 Å². The highest BCUT2D eigenvalue weighted by Crippen LogP contribution is 2.70. The van der Waals surface area contributed by atoms with Crippen molar-refractivity contribution in [1.82, 2.24) is 0 Å². The standard InChI is InChI=1S/C11H16O/c1-2-7-8-3-4-10(12)11(8)6-5-9(7)11/h5-10,12H,2-4H2,1H3/t7-,8-,9-,10-,11?/m1/s1. The van der Waals surface area contributed by atoms with Crippen LogP contribution in [0.4, 0.5) is 0 Å². The van der Waals surface area contributed by atoms with Gasteiger partial charge in [0.15, 0.2) is 0 Å². The molecule has 2 saturated carbocycles. The fourth-order valence-corrected chi connectivity index (χ4v) is 3.99. The summed E-state index contributed by atoms with van der Waals surface area (Å²) < 4.78 is 0. The summed E-state index contributed by atoms with van der Waals surface area (Å²) in [4.78, 5) is 0. The van der Waals surface area contributed by atoms with Crippen LogP contribution in [-0.2, 0) is 0 Å². The zero-order chi connectivity index (χ0) is 8.34. The molecular formula is C11H16O. The minimum atomic E-state index is -0.0136. The van der Waals surface area contributed by atoms with Crippen molar-refractivity contribution in [2.75, 3.05) is 0 Å². The summed E-state index contributed by atoms with van der Waals surface area (Å²) in [7, 11) is 0. The second-order valence-corrected chi connectivity index (χ2v) is 4.66. The predicted octanol–water partition coefficient (Wildman–Crippen LogP) is 1.97. The zero-order valence-corrected chi connectivity index (χ0v) is 7.53. The summed E-state index contributed by atoms with van der Waals surface area (Å²) in [6.07, 6.45) is 8.20. The summed E-state index contributed by atoms with van der Waals surface area (Å²) in [6, 6.07) is 0. The number of aliphatic hydroxyl groups is 1. The Balaban J connectivity index is 1.95. The molecular weight excluding hydrogens is 148 g/mol. The third kappa shape index (κ3) is 0.490. The molecule has 0 heterocycles. The van der Waals surface area contributed by atoms with Gasteiger partial charge in [-0.3, -0.25) is 0 Å². The van der Waals surface area contributed by atoms with Crippen molar-refractivity contribution in [2.24, 2.45) is 23.2 Å². The van der Waals surface area contributed by atoms with Gasteiger partial charge in [-0.05, 0) is 30.6 Å². The molecule has 12 heavy (non-hydrogen) atoms. The lowest BCUT2D eigenvalue weighted by atomic mass is 9.41. The van der Waals surface area contributed by atoms with Gasteiger partial charge in [0.1, 0.15) is 0 Å². The average molecular weight is 164 g/mol. The molecule has 0 saturated heterocycles. The first-order valence-corrected chi connectivity index (χ1v) is 5.18. The molecule has 0 bridgehead atoms. The third-order valence-corrected chi connectivity index (χ3v) is 4.59. The van der Waals surface area contributed by atoms with E-state index in [0.29, 0.717) is 0 Å². The molecule has 0 aromatic rings. The summed E-state index contributed by atoms with van der Waals surface area (Å²) >= 11 is 0. The minimum absolute atomic E-state index is 0.0136. The largest absolute Gasteiger partial charge is 0.392 e. The molecule has 0 aliphatic heterocycles. The Kier molecular flexibility index (Phi) is 1.16. The van der Waals surface area contributed by atoms with Gasteiger partial charge in [0.05, 0.1) is 6.10 Å². The van der Waals surface area contributed by atoms with Crippen LogP contribution in [0.1, 0.15) is 26.2 Å². The van der Waals surface area contributed by atoms with E-state index in [4.69, 9.17) is 0 Å². The van der Waals surface area contributed by atoms with Crippen molar-refractivity contribution in [3.63, 3.8) is 0 Å². The Hall–Kier alpha value is -0.300. The summed E-state index contributed by atoms with van der Waals surface area (Å²) in [6.45, 7) is 2.28. The van der Waals surface area contributed by atoms with Crippen molar-refractivity contribution in [2.45, 2.75) is 32.3 Å². The number of hydrogen-bond donors (Lipinski definition) is 1. The molecule has 1 nitrogen and oxygen atoms in total. The van der Waals surface area contributed by atoms with Crippen molar-refractivity contribution in [3.05, 3.63) is 12.2 Å². The maximum Gasteiger partial charge on any atom is 0.0639 e. The van der Waals surface area contributed by atoms with Crippen LogP contribution in [0.2, 0.25) is 0 Å². The lowest BCUT2D eigenvalue weighted by Crippen LogP contribution is -2.60. The maximum atomic E-state index is 9.86. The van der Waals surface area contributed by atoms with E-state index in [2.05, 4.69) is 19.1 Å². The van der Waals surface area contributed by atoms with E-state index in [1.165, 1.54) is 12.8 Å². The minimum Gasteiger partial charge on any atom is -0.392 e. The quantitative estimate of drug-likeness (QED) is 0.587. The smallest absolute Gasteiger partial charge is 0.0639 e. The predicted molar refractivity (Wildman–Crippen MR) is 47.6 cm³/mol. The molecule has 66 valence electrons. The van der Waals surface area contributed by atoms with Crippen LogP contribution in [0.3, 0.4) is 0 Å². The van der Waals surface area contributed by atoms with E-state index < -0.39 is 0 Å². The van der Waals surface area contributed by atoms with Gasteiger partial charge in [0, 0.05) is 5.41 Å². The molecule has 5 atom stereocenters. The molecule has 3 aliphatic rings. The van der Waals surface area contributed by atoms with E-state index in [1.807, 2.05) is 0 Å². The van der Waals surface area contributed by atoms with E-state index in [9.17, 15) is 5.11 Å². The molecule has 1 spiro atoms. The van der Waals surface area contributed by atoms with Crippen LogP contribution in [0.15, 0.2) is 12.2 Å². The number of rotatable bonds is 1. The van der Waals surface area contributed by atoms with Gasteiger partial charge in [0.25, 0.3) is 0 Å². The Bertz CT molecular complexity index is 245. The molecule has 0 amide bonds. The second kappa shape index (κ2) is 1.95. The number of aliphatic hydroxyl groups excluding tert-OH is 1. The van der Waals surface area contributed by atoms with Crippen LogP contribution < -0.4 is 0 Å². The Morgan fingerprint density at radius 2 is 2.33 bits per heavy atom. The van der Waals surface area contributed by atoms with Gasteiger partial charge >= 0.3 is 0 Å². The van der Waals surface area contributed by atoms with Crippen molar-refractivity contribution in [3.8, 4) is 0 Å². The van der Waals surface area contributed by atoms with E-state index in [0.717, 1.165) is 24.2 Å². The first-order valence-electron chi connectivity index (χ1n) is 5.18. The van der Waals surface area contributed by atoms with Crippen molar-refractivity contribution >= 4 is 0 Å². The van der Waals surface area contributed by atoms with Gasteiger partial charge < -0.3 is 5.11 Å². The SMILES string of the molecule is CC[C@H]1[C@H]2C=CC23[C@H](O)CC[C@H]13. The molecule has 2 fully saturated rings. The molecule has 0 radical (unpaired) electrons. The van der Waals surface area contributed by atoms with Crippen LogP contribution in [-0.4, -0.2) is 11.2 Å². The summed E-state index contributed by atoms with van der Waals surface area (Å²) in [5.41, 5.74) is 0.278. The molecule has 3 rings (SSSR count). The van der Waals surface area contributed by atoms with E-state index in [-0.39, 0.29) is 11.5 Å². The average Bonchev–Trinajstić information content (AvgIpc) is 2.36. The molecule has 1 heteroatoms. The van der Waals surface area contributed by atoms with Crippen LogP contribution in [0.5, 0.6) is 0 Å². The molecule has 3 aliphatic carbocycles. The Morgan fingerprint density at radius 3 is 2.92 bits per heavy atom. The monoisotopic (exact) mass is 164 g/mol. The van der Waals surface area contributed by atoms with Gasteiger partial charge in [-0.15, -0.1) is 0 Å². The van der Waals surface area contributed by atoms with Gasteiger partial charge in [0.2, 0.25) is 0 Å². The zero-order valence-electron chi connectivity index (χ0n) is 7.53. The van der Waals surface area contributed by atoms with Crippen LogP contribution in [0.25, 0.3) is 0 Å². The summed E-state index contributed by atoms with van der Waals surface area (Å²) in [5, 5.41) is 9.86. The first-order chi connectivity index (χ1) is 5.80. The first kappa shape index (κ1) is 7.14. The topological polar surface area (TPSA) is 20.2 Å². The molecule has 1 unspecified atom stereocenters. The Morgan fingerprint density at radius 1 is 1.50 bits per heavy atom. The fraction of sp³-hybridized carbons (Fsp3) is 0.818. The maximum absolute atomic E-state index is 9.86. The highest BCUT2D eigenvalue weighted by molar-refractivity contribution is 5.34. The van der Waals surface area contributed by atoms with Gasteiger partial charge in [-0.25, -0.2) is 0 Å². The highest BCUT2D eigenvalue weighted by Gasteiger charge is 2.68. The summed E-state index contributed by atoms with van der Waals surface area (Å²) in [5.74, 6) is 2.46. The van der Waals surface area contributed by atoms with E-state index >= 15 is 0 Å². The normalized spacial score (nSPS) is 60.2. The van der Waals surface area contributed by atoms with Gasteiger partial charge in [-0.2, -0.15) is 0 Å². The number of hydrogen-bond acceptors (Lipinski definition) is 1. The van der Waals surface area contributed by atoms with Crippen molar-refractivity contribution in [1.29, 1.82) is 0 Å². The van der Waals surface area contributed by atoms with Crippen LogP contribution >= 0.6 is 0 Å². The molecule has 0 aromatic carbocycles. The fourth-order valence-electron chi connectivity index (χ4n) is 3.99. The lowest BCUT2D eigenvalue weighted by Gasteiger charge is -2.63. The number of allylic oxidation sites excluding steroid dienone is 1. The molecule has 1 N–H and O–H groups in total. The van der Waals surface area contributed by atoms with Crippen molar-refractivity contribution < 1.29 is 5.11 Å². The third-order valence-electron chi connectivity index (χ3n) is 4.59. The highest BCUT2D eigenvalue weighted by atomic mass is 16.3. The van der Waals surface area contributed by atoms with Gasteiger partial charge in [-0.1, -0.05) is 25.5 Å². The van der Waals surface area contributed by atoms with E-state index in [1.54, 1.807) is 0 Å². The second-order valence-electron chi connectivity index (χ2n) is 4.66. The Labute approximate surface area is 73.5 Å². The lowest BCUT2D eigenvalue weighted by molar-refractivity contribution is -0.117.